The van der Waals surface area contributed by atoms with Crippen LogP contribution in [0.15, 0.2) is 59.1 Å². The van der Waals surface area contributed by atoms with Gasteiger partial charge in [-0.1, -0.05) is 64.1 Å². The Morgan fingerprint density at radius 3 is 2.43 bits per heavy atom. The van der Waals surface area contributed by atoms with E-state index >= 15 is 0 Å². The molecule has 1 aliphatic heterocycles. The van der Waals surface area contributed by atoms with E-state index in [1.165, 1.54) is 0 Å². The van der Waals surface area contributed by atoms with E-state index in [9.17, 15) is 24.3 Å². The third-order valence-corrected chi connectivity index (χ3v) is 7.84. The Balaban J connectivity index is 1.71. The second kappa shape index (κ2) is 11.1. The molecule has 0 spiro atoms. The maximum absolute atomic E-state index is 13.7. The van der Waals surface area contributed by atoms with Gasteiger partial charge in [-0.15, -0.1) is 0 Å². The van der Waals surface area contributed by atoms with Gasteiger partial charge in [0.15, 0.2) is 11.2 Å². The molecular weight excluding hydrogens is 534 g/mol. The van der Waals surface area contributed by atoms with Gasteiger partial charge in [0.05, 0.1) is 5.56 Å². The number of benzene rings is 2. The zero-order valence-corrected chi connectivity index (χ0v) is 22.3. The van der Waals surface area contributed by atoms with Crippen molar-refractivity contribution in [3.63, 3.8) is 0 Å². The number of hydrogen-bond acceptors (Lipinski definition) is 6. The average Bonchev–Trinajstić information content (AvgIpc) is 3.14. The number of amides is 2. The normalized spacial score (nSPS) is 21.9. The number of ether oxygens (including phenoxy) is 1. The summed E-state index contributed by atoms with van der Waals surface area (Å²) in [5.74, 6) is -1.16. The molecule has 0 saturated carbocycles. The standard InChI is InChI=1S/C26H28BrNO6S/c1-17-14-21(34-23(30)19-10-7-11-20(27)15-19)16-28(17,25(32)33)24(31)26(2,3)35-22(29)13-12-18-8-5-4-6-9-18/h4-11,15,17,21H,12-14,16H2,1-3H3/p+1/t17-,21+,28-/m1/s1. The third kappa shape index (κ3) is 6.20. The molecule has 1 saturated heterocycles. The van der Waals surface area contributed by atoms with Crippen LogP contribution in [0.1, 0.15) is 49.5 Å². The highest BCUT2D eigenvalue weighted by Gasteiger charge is 2.61. The number of quaternary nitrogens is 1. The minimum Gasteiger partial charge on any atom is -0.452 e. The van der Waals surface area contributed by atoms with Crippen LogP contribution >= 0.6 is 27.7 Å². The van der Waals surface area contributed by atoms with Gasteiger partial charge in [-0.05, 0) is 51.0 Å². The molecule has 0 aromatic heterocycles. The molecule has 0 unspecified atom stereocenters. The molecule has 1 heterocycles. The highest BCUT2D eigenvalue weighted by atomic mass is 79.9. The van der Waals surface area contributed by atoms with Crippen molar-refractivity contribution in [3.05, 3.63) is 70.2 Å². The molecule has 0 radical (unpaired) electrons. The first-order valence-electron chi connectivity index (χ1n) is 11.3. The lowest BCUT2D eigenvalue weighted by atomic mass is 10.1. The van der Waals surface area contributed by atoms with Gasteiger partial charge < -0.3 is 9.84 Å². The van der Waals surface area contributed by atoms with Gasteiger partial charge in [0.25, 0.3) is 0 Å². The van der Waals surface area contributed by atoms with Crippen LogP contribution < -0.4 is 0 Å². The number of imide groups is 1. The van der Waals surface area contributed by atoms with Crippen LogP contribution in [0.25, 0.3) is 0 Å². The van der Waals surface area contributed by atoms with E-state index in [-0.39, 0.29) is 24.5 Å². The number of carbonyl (C=O) groups excluding carboxylic acids is 3. The lowest BCUT2D eigenvalue weighted by molar-refractivity contribution is -0.794. The lowest BCUT2D eigenvalue weighted by Crippen LogP contribution is -2.64. The highest BCUT2D eigenvalue weighted by Crippen LogP contribution is 2.38. The van der Waals surface area contributed by atoms with E-state index in [1.54, 1.807) is 45.0 Å². The first kappa shape index (κ1) is 27.1. The van der Waals surface area contributed by atoms with Crippen molar-refractivity contribution in [1.29, 1.82) is 0 Å². The van der Waals surface area contributed by atoms with Crippen LogP contribution in [0.2, 0.25) is 0 Å². The predicted molar refractivity (Wildman–Crippen MR) is 137 cm³/mol. The van der Waals surface area contributed by atoms with Gasteiger partial charge in [0, 0.05) is 17.3 Å². The highest BCUT2D eigenvalue weighted by molar-refractivity contribution is 9.10. The molecule has 2 aromatic rings. The second-order valence-corrected chi connectivity index (χ2v) is 11.8. The fourth-order valence-corrected chi connectivity index (χ4v) is 5.87. The summed E-state index contributed by atoms with van der Waals surface area (Å²) >= 11 is 4.18. The molecule has 9 heteroatoms. The topological polar surface area (TPSA) is 97.7 Å². The molecule has 7 nitrogen and oxygen atoms in total. The average molecular weight is 563 g/mol. The summed E-state index contributed by atoms with van der Waals surface area (Å²) < 4.78 is 4.15. The van der Waals surface area contributed by atoms with Gasteiger partial charge in [0.1, 0.15) is 17.3 Å². The van der Waals surface area contributed by atoms with Crippen LogP contribution in [0.5, 0.6) is 0 Å². The zero-order chi connectivity index (χ0) is 25.8. The van der Waals surface area contributed by atoms with Crippen LogP contribution in [0.4, 0.5) is 4.79 Å². The molecule has 2 aromatic carbocycles. The maximum atomic E-state index is 13.7. The van der Waals surface area contributed by atoms with E-state index in [2.05, 4.69) is 15.9 Å². The molecule has 1 N–H and O–H groups in total. The van der Waals surface area contributed by atoms with Crippen molar-refractivity contribution in [2.24, 2.45) is 0 Å². The fourth-order valence-electron chi connectivity index (χ4n) is 4.44. The molecule has 35 heavy (non-hydrogen) atoms. The van der Waals surface area contributed by atoms with E-state index in [1.807, 2.05) is 30.3 Å². The Hall–Kier alpha value is -2.49. The Bertz CT molecular complexity index is 1120. The van der Waals surface area contributed by atoms with Crippen LogP contribution in [-0.2, 0) is 20.7 Å². The first-order chi connectivity index (χ1) is 16.5. The molecule has 3 rings (SSSR count). The van der Waals surface area contributed by atoms with Crippen LogP contribution in [0.3, 0.4) is 0 Å². The number of likely N-dealkylation sites (tertiary alicyclic amines) is 1. The monoisotopic (exact) mass is 562 g/mol. The smallest absolute Gasteiger partial charge is 0.452 e. The Morgan fingerprint density at radius 1 is 1.11 bits per heavy atom. The third-order valence-electron chi connectivity index (χ3n) is 6.23. The van der Waals surface area contributed by atoms with Gasteiger partial charge >= 0.3 is 18.0 Å². The lowest BCUT2D eigenvalue weighted by Gasteiger charge is -2.35. The molecule has 3 atom stereocenters. The fraction of sp³-hybridized carbons (Fsp3) is 0.385. The van der Waals surface area contributed by atoms with Gasteiger partial charge in [-0.25, -0.2) is 9.59 Å². The van der Waals surface area contributed by atoms with E-state index < -0.39 is 39.3 Å². The number of carbonyl (C=O) groups is 4. The summed E-state index contributed by atoms with van der Waals surface area (Å²) in [4.78, 5) is 51.4. The van der Waals surface area contributed by atoms with Crippen molar-refractivity contribution in [2.45, 2.75) is 56.9 Å². The summed E-state index contributed by atoms with van der Waals surface area (Å²) in [6.07, 6.45) is -1.05. The molecule has 0 bridgehead atoms. The Kier molecular flexibility index (Phi) is 8.56. The van der Waals surface area contributed by atoms with Crippen molar-refractivity contribution in [3.8, 4) is 0 Å². The molecule has 0 aliphatic carbocycles. The van der Waals surface area contributed by atoms with Crippen molar-refractivity contribution in [1.82, 2.24) is 0 Å². The summed E-state index contributed by atoms with van der Waals surface area (Å²) in [5, 5.41) is 9.99. The molecular formula is C26H29BrNO6S+. The maximum Gasteiger partial charge on any atom is 0.521 e. The van der Waals surface area contributed by atoms with Gasteiger partial charge in [0.2, 0.25) is 0 Å². The molecule has 1 aliphatic rings. The van der Waals surface area contributed by atoms with E-state index in [0.717, 1.165) is 17.3 Å². The van der Waals surface area contributed by atoms with Crippen molar-refractivity contribution in [2.75, 3.05) is 6.54 Å². The quantitative estimate of drug-likeness (QED) is 0.353. The molecule has 2 amide bonds. The Morgan fingerprint density at radius 2 is 1.80 bits per heavy atom. The van der Waals surface area contributed by atoms with E-state index in [4.69, 9.17) is 4.74 Å². The Labute approximate surface area is 217 Å². The minimum atomic E-state index is -1.31. The first-order valence-corrected chi connectivity index (χ1v) is 12.9. The predicted octanol–water partition coefficient (Wildman–Crippen LogP) is 5.46. The minimum absolute atomic E-state index is 0.180. The largest absolute Gasteiger partial charge is 0.521 e. The summed E-state index contributed by atoms with van der Waals surface area (Å²) in [5.41, 5.74) is 1.35. The second-order valence-electron chi connectivity index (χ2n) is 9.23. The van der Waals surface area contributed by atoms with Crippen LogP contribution in [-0.4, -0.2) is 56.1 Å². The summed E-state index contributed by atoms with van der Waals surface area (Å²) in [6.45, 7) is 4.64. The van der Waals surface area contributed by atoms with Crippen LogP contribution in [0, 0.1) is 0 Å². The number of nitrogens with zero attached hydrogens (tertiary/aromatic N) is 1. The number of carboxylic acid groups (broad SMARTS) is 1. The zero-order valence-electron chi connectivity index (χ0n) is 19.9. The number of esters is 1. The summed E-state index contributed by atoms with van der Waals surface area (Å²) in [6, 6.07) is 15.6. The summed E-state index contributed by atoms with van der Waals surface area (Å²) in [7, 11) is 0. The van der Waals surface area contributed by atoms with E-state index in [0.29, 0.717) is 16.5 Å². The SMILES string of the molecule is C[C@@H]1C[C@H](OC(=O)c2cccc(Br)c2)C[N@+]1(C(=O)O)C(=O)C(C)(C)SC(=O)CCc1ccccc1. The number of rotatable bonds is 7. The number of hydrogen-bond donors (Lipinski definition) is 1. The van der Waals surface area contributed by atoms with Crippen molar-refractivity contribution < 1.29 is 33.5 Å². The molecule has 1 fully saturated rings. The van der Waals surface area contributed by atoms with Gasteiger partial charge in [-0.2, -0.15) is 9.28 Å². The number of thioether (sulfide) groups is 1. The molecule has 186 valence electrons. The number of halogens is 1. The van der Waals surface area contributed by atoms with Crippen molar-refractivity contribution >= 4 is 50.8 Å². The number of aryl methyl sites for hydroxylation is 1. The van der Waals surface area contributed by atoms with Gasteiger partial charge in [-0.3, -0.25) is 4.79 Å².